The van der Waals surface area contributed by atoms with Crippen LogP contribution in [0.4, 0.5) is 11.4 Å². The molecule has 24 heavy (non-hydrogen) atoms. The predicted octanol–water partition coefficient (Wildman–Crippen LogP) is 5.51. The van der Waals surface area contributed by atoms with E-state index in [9.17, 15) is 4.79 Å². The third kappa shape index (κ3) is 3.47. The number of rotatable bonds is 3. The first-order chi connectivity index (χ1) is 11.4. The van der Waals surface area contributed by atoms with Crippen LogP contribution >= 0.6 is 27.5 Å². The average Bonchev–Trinajstić information content (AvgIpc) is 3.01. The summed E-state index contributed by atoms with van der Waals surface area (Å²) in [5.74, 6) is 0.459. The number of hydrogen-bond acceptors (Lipinski definition) is 3. The molecule has 3 rings (SSSR count). The number of carbonyl (C=O) groups is 1. The molecule has 0 unspecified atom stereocenters. The van der Waals surface area contributed by atoms with Gasteiger partial charge in [0, 0.05) is 15.7 Å². The van der Waals surface area contributed by atoms with Crippen LogP contribution in [0.2, 0.25) is 5.02 Å². The molecular weight excluding hydrogens is 392 g/mol. The van der Waals surface area contributed by atoms with Gasteiger partial charge in [-0.2, -0.15) is 0 Å². The molecule has 0 aliphatic rings. The molecule has 0 atom stereocenters. The van der Waals surface area contributed by atoms with Crippen molar-refractivity contribution in [1.29, 1.82) is 0 Å². The lowest BCUT2D eigenvalue weighted by molar-refractivity contribution is 0.0997. The van der Waals surface area contributed by atoms with Gasteiger partial charge in [0.1, 0.15) is 5.76 Å². The molecular formula is C18H14BrClN2O2. The molecule has 0 saturated heterocycles. The summed E-state index contributed by atoms with van der Waals surface area (Å²) in [6.45, 7) is 1.83. The molecule has 0 aliphatic carbocycles. The van der Waals surface area contributed by atoms with Crippen LogP contribution < -0.4 is 11.1 Å². The highest BCUT2D eigenvalue weighted by molar-refractivity contribution is 9.10. The van der Waals surface area contributed by atoms with Gasteiger partial charge in [0.2, 0.25) is 0 Å². The lowest BCUT2D eigenvalue weighted by Crippen LogP contribution is -2.12. The Morgan fingerprint density at radius 2 is 1.88 bits per heavy atom. The summed E-state index contributed by atoms with van der Waals surface area (Å²) in [4.78, 5) is 12.4. The Labute approximate surface area is 152 Å². The SMILES string of the molecule is Cc1cc(N)cc(Cl)c1NC(=O)c1ccc(-c2ccc(Br)cc2)o1. The van der Waals surface area contributed by atoms with Gasteiger partial charge in [-0.05, 0) is 48.9 Å². The number of nitrogen functional groups attached to an aromatic ring is 1. The summed E-state index contributed by atoms with van der Waals surface area (Å²) in [5, 5.41) is 3.16. The molecule has 4 nitrogen and oxygen atoms in total. The normalized spacial score (nSPS) is 10.6. The van der Waals surface area contributed by atoms with E-state index in [0.29, 0.717) is 22.2 Å². The largest absolute Gasteiger partial charge is 0.451 e. The second kappa shape index (κ2) is 6.71. The summed E-state index contributed by atoms with van der Waals surface area (Å²) < 4.78 is 6.63. The van der Waals surface area contributed by atoms with Crippen LogP contribution in [0.5, 0.6) is 0 Å². The third-order valence-electron chi connectivity index (χ3n) is 3.51. The molecule has 1 amide bonds. The Morgan fingerprint density at radius 1 is 1.17 bits per heavy atom. The second-order valence-electron chi connectivity index (χ2n) is 5.32. The van der Waals surface area contributed by atoms with Gasteiger partial charge in [0.05, 0.1) is 10.7 Å². The molecule has 0 aliphatic heterocycles. The molecule has 0 spiro atoms. The van der Waals surface area contributed by atoms with Crippen molar-refractivity contribution in [2.24, 2.45) is 0 Å². The maximum Gasteiger partial charge on any atom is 0.291 e. The highest BCUT2D eigenvalue weighted by Gasteiger charge is 2.15. The topological polar surface area (TPSA) is 68.3 Å². The van der Waals surface area contributed by atoms with Crippen LogP contribution in [0.25, 0.3) is 11.3 Å². The fourth-order valence-corrected chi connectivity index (χ4v) is 2.92. The zero-order valence-electron chi connectivity index (χ0n) is 12.8. The fraction of sp³-hybridized carbons (Fsp3) is 0.0556. The van der Waals surface area contributed by atoms with Crippen molar-refractivity contribution in [3.63, 3.8) is 0 Å². The lowest BCUT2D eigenvalue weighted by atomic mass is 10.1. The van der Waals surface area contributed by atoms with E-state index in [0.717, 1.165) is 15.6 Å². The van der Waals surface area contributed by atoms with Crippen LogP contribution in [0.15, 0.2) is 57.4 Å². The van der Waals surface area contributed by atoms with Crippen molar-refractivity contribution in [3.05, 3.63) is 69.3 Å². The van der Waals surface area contributed by atoms with Gasteiger partial charge in [-0.3, -0.25) is 4.79 Å². The van der Waals surface area contributed by atoms with Crippen molar-refractivity contribution in [2.45, 2.75) is 6.92 Å². The van der Waals surface area contributed by atoms with Crippen molar-refractivity contribution in [2.75, 3.05) is 11.1 Å². The number of amides is 1. The molecule has 2 aromatic carbocycles. The van der Waals surface area contributed by atoms with Gasteiger partial charge in [0.25, 0.3) is 5.91 Å². The maximum atomic E-state index is 12.4. The molecule has 3 aromatic rings. The van der Waals surface area contributed by atoms with E-state index in [1.165, 1.54) is 0 Å². The zero-order chi connectivity index (χ0) is 17.3. The maximum absolute atomic E-state index is 12.4. The molecule has 0 bridgehead atoms. The van der Waals surface area contributed by atoms with E-state index in [4.69, 9.17) is 21.8 Å². The second-order valence-corrected chi connectivity index (χ2v) is 6.64. The van der Waals surface area contributed by atoms with E-state index in [1.807, 2.05) is 31.2 Å². The summed E-state index contributed by atoms with van der Waals surface area (Å²) in [5.41, 5.74) is 8.48. The number of anilines is 2. The molecule has 122 valence electrons. The van der Waals surface area contributed by atoms with E-state index in [1.54, 1.807) is 24.3 Å². The average molecular weight is 406 g/mol. The summed E-state index contributed by atoms with van der Waals surface area (Å²) in [6.07, 6.45) is 0. The quantitative estimate of drug-likeness (QED) is 0.565. The van der Waals surface area contributed by atoms with Crippen LogP contribution in [0, 0.1) is 6.92 Å². The third-order valence-corrected chi connectivity index (χ3v) is 4.33. The minimum Gasteiger partial charge on any atom is -0.451 e. The molecule has 1 aromatic heterocycles. The van der Waals surface area contributed by atoms with Gasteiger partial charge in [0.15, 0.2) is 5.76 Å². The minimum absolute atomic E-state index is 0.209. The fourth-order valence-electron chi connectivity index (χ4n) is 2.33. The van der Waals surface area contributed by atoms with Crippen molar-refractivity contribution in [3.8, 4) is 11.3 Å². The highest BCUT2D eigenvalue weighted by atomic mass is 79.9. The Balaban J connectivity index is 1.83. The van der Waals surface area contributed by atoms with Crippen LogP contribution in [-0.4, -0.2) is 5.91 Å². The number of benzene rings is 2. The van der Waals surface area contributed by atoms with E-state index in [-0.39, 0.29) is 11.7 Å². The monoisotopic (exact) mass is 404 g/mol. The standard InChI is InChI=1S/C18H14BrClN2O2/c1-10-8-13(21)9-14(20)17(10)22-18(23)16-7-6-15(24-16)11-2-4-12(19)5-3-11/h2-9H,21H2,1H3,(H,22,23). The van der Waals surface area contributed by atoms with Crippen molar-refractivity contribution >= 4 is 44.8 Å². The number of halogens is 2. The number of furan rings is 1. The number of hydrogen-bond donors (Lipinski definition) is 2. The first kappa shape index (κ1) is 16.6. The molecule has 6 heteroatoms. The van der Waals surface area contributed by atoms with Gasteiger partial charge < -0.3 is 15.5 Å². The van der Waals surface area contributed by atoms with Crippen LogP contribution in [-0.2, 0) is 0 Å². The van der Waals surface area contributed by atoms with Gasteiger partial charge in [-0.25, -0.2) is 0 Å². The number of nitrogens with one attached hydrogen (secondary N) is 1. The van der Waals surface area contributed by atoms with Crippen LogP contribution in [0.1, 0.15) is 16.1 Å². The minimum atomic E-state index is -0.367. The van der Waals surface area contributed by atoms with Gasteiger partial charge in [-0.15, -0.1) is 0 Å². The smallest absolute Gasteiger partial charge is 0.291 e. The molecule has 3 N–H and O–H groups in total. The summed E-state index contributed by atoms with van der Waals surface area (Å²) in [7, 11) is 0. The lowest BCUT2D eigenvalue weighted by Gasteiger charge is -2.10. The van der Waals surface area contributed by atoms with Crippen LogP contribution in [0.3, 0.4) is 0 Å². The molecule has 0 radical (unpaired) electrons. The number of aryl methyl sites for hydroxylation is 1. The number of carbonyl (C=O) groups excluding carboxylic acids is 1. The van der Waals surface area contributed by atoms with Gasteiger partial charge >= 0.3 is 0 Å². The molecule has 0 saturated carbocycles. The van der Waals surface area contributed by atoms with E-state index in [2.05, 4.69) is 21.2 Å². The zero-order valence-corrected chi connectivity index (χ0v) is 15.1. The highest BCUT2D eigenvalue weighted by Crippen LogP contribution is 2.30. The Kier molecular flexibility index (Phi) is 4.64. The molecule has 0 fully saturated rings. The Bertz CT molecular complexity index is 881. The first-order valence-corrected chi connectivity index (χ1v) is 8.34. The van der Waals surface area contributed by atoms with E-state index >= 15 is 0 Å². The predicted molar refractivity (Wildman–Crippen MR) is 100 cm³/mol. The van der Waals surface area contributed by atoms with Crippen molar-refractivity contribution in [1.82, 2.24) is 0 Å². The Hall–Kier alpha value is -2.24. The number of nitrogens with two attached hydrogens (primary N) is 1. The van der Waals surface area contributed by atoms with E-state index < -0.39 is 0 Å². The van der Waals surface area contributed by atoms with Crippen molar-refractivity contribution < 1.29 is 9.21 Å². The molecule has 1 heterocycles. The summed E-state index contributed by atoms with van der Waals surface area (Å²) >= 11 is 9.54. The van der Waals surface area contributed by atoms with Gasteiger partial charge in [-0.1, -0.05) is 39.7 Å². The summed E-state index contributed by atoms with van der Waals surface area (Å²) in [6, 6.07) is 14.4. The first-order valence-electron chi connectivity index (χ1n) is 7.17. The Morgan fingerprint density at radius 3 is 2.54 bits per heavy atom.